The quantitative estimate of drug-likeness (QED) is 0.414. The van der Waals surface area contributed by atoms with Gasteiger partial charge in [-0.15, -0.1) is 0 Å². The van der Waals surface area contributed by atoms with Crippen LogP contribution in [0.2, 0.25) is 0 Å². The Morgan fingerprint density at radius 2 is 2.00 bits per heavy atom. The minimum Gasteiger partial charge on any atom is -0.365 e. The first-order chi connectivity index (χ1) is 3.13. The Bertz CT molecular complexity index is 181. The third-order valence-electron chi connectivity index (χ3n) is 0.212. The largest absolute Gasteiger partial charge is 0.365 e. The lowest BCUT2D eigenvalue weighted by molar-refractivity contribution is -0.111. The summed E-state index contributed by atoms with van der Waals surface area (Å²) < 4.78 is 18.9. The average Bonchev–Trinajstić information content (AvgIpc) is 1.27. The first kappa shape index (κ1) is 6.16. The summed E-state index contributed by atoms with van der Waals surface area (Å²) in [7, 11) is -2.45. The Hall–Kier alpha value is -0.840. The minimum atomic E-state index is -2.45. The second-order valence-electron chi connectivity index (χ2n) is 0.781. The summed E-state index contributed by atoms with van der Waals surface area (Å²) in [6.45, 7) is 0. The Balaban J connectivity index is 4.26. The standard InChI is InChI=1S/C2H3NO3S/c3-2(4)1-7(5)6/h1H,(H2,3,4). The fraction of sp³-hybridized carbons (Fsp3) is 0. The molecule has 7 heavy (non-hydrogen) atoms. The summed E-state index contributed by atoms with van der Waals surface area (Å²) in [5.41, 5.74) is 4.41. The van der Waals surface area contributed by atoms with E-state index in [2.05, 4.69) is 5.73 Å². The highest BCUT2D eigenvalue weighted by molar-refractivity contribution is 7.73. The number of amides is 1. The molecule has 0 unspecified atom stereocenters. The van der Waals surface area contributed by atoms with E-state index in [1.54, 1.807) is 0 Å². The molecule has 0 aromatic heterocycles. The first-order valence-electron chi connectivity index (χ1n) is 1.35. The van der Waals surface area contributed by atoms with Crippen molar-refractivity contribution in [2.45, 2.75) is 0 Å². The van der Waals surface area contributed by atoms with Crippen molar-refractivity contribution in [3.8, 4) is 0 Å². The van der Waals surface area contributed by atoms with E-state index in [-0.39, 0.29) is 0 Å². The van der Waals surface area contributed by atoms with Crippen LogP contribution in [0.3, 0.4) is 0 Å². The molecule has 0 aliphatic carbocycles. The van der Waals surface area contributed by atoms with Crippen LogP contribution in [0.4, 0.5) is 0 Å². The molecule has 0 aliphatic rings. The minimum absolute atomic E-state index is 0.389. The Morgan fingerprint density at radius 3 is 2.00 bits per heavy atom. The van der Waals surface area contributed by atoms with Crippen molar-refractivity contribution in [3.63, 3.8) is 0 Å². The molecule has 0 saturated heterocycles. The van der Waals surface area contributed by atoms with Crippen LogP contribution in [0.25, 0.3) is 0 Å². The lowest BCUT2D eigenvalue weighted by Gasteiger charge is -1.64. The van der Waals surface area contributed by atoms with Gasteiger partial charge in [-0.2, -0.15) is 8.42 Å². The van der Waals surface area contributed by atoms with E-state index < -0.39 is 16.2 Å². The highest BCUT2D eigenvalue weighted by atomic mass is 32.2. The van der Waals surface area contributed by atoms with Crippen molar-refractivity contribution in [3.05, 3.63) is 0 Å². The van der Waals surface area contributed by atoms with Gasteiger partial charge in [0.25, 0.3) is 5.91 Å². The van der Waals surface area contributed by atoms with E-state index in [4.69, 9.17) is 0 Å². The molecule has 0 fully saturated rings. The molecule has 0 spiro atoms. The lowest BCUT2D eigenvalue weighted by Crippen LogP contribution is -2.11. The first-order valence-corrected chi connectivity index (χ1v) is 2.49. The summed E-state index contributed by atoms with van der Waals surface area (Å²) in [6, 6.07) is 0. The molecule has 0 heterocycles. The zero-order valence-electron chi connectivity index (χ0n) is 3.29. The lowest BCUT2D eigenvalue weighted by atomic mass is 10.8. The predicted octanol–water partition coefficient (Wildman–Crippen LogP) is -1.85. The van der Waals surface area contributed by atoms with Gasteiger partial charge in [-0.1, -0.05) is 0 Å². The van der Waals surface area contributed by atoms with Crippen LogP contribution in [0, 0.1) is 0 Å². The Morgan fingerprint density at radius 1 is 1.57 bits per heavy atom. The molecule has 1 amide bonds. The summed E-state index contributed by atoms with van der Waals surface area (Å²) in [4.78, 5) is 9.58. The fourth-order valence-corrected chi connectivity index (χ4v) is 0.285. The van der Waals surface area contributed by atoms with Crippen LogP contribution in [0.1, 0.15) is 0 Å². The molecule has 0 rings (SSSR count). The Labute approximate surface area is 41.5 Å². The van der Waals surface area contributed by atoms with E-state index in [1.807, 2.05) is 0 Å². The highest BCUT2D eigenvalue weighted by Crippen LogP contribution is 1.40. The van der Waals surface area contributed by atoms with Crippen molar-refractivity contribution in [1.29, 1.82) is 0 Å². The fourth-order valence-electron chi connectivity index (χ4n) is 0.0948. The van der Waals surface area contributed by atoms with Gasteiger partial charge < -0.3 is 5.73 Å². The van der Waals surface area contributed by atoms with Gasteiger partial charge in [0.15, 0.2) is 0 Å². The van der Waals surface area contributed by atoms with Gasteiger partial charge in [0.05, 0.1) is 0 Å². The number of primary amides is 1. The summed E-state index contributed by atoms with van der Waals surface area (Å²) in [5, 5.41) is 0.389. The van der Waals surface area contributed by atoms with Gasteiger partial charge in [-0.05, 0) is 0 Å². The van der Waals surface area contributed by atoms with Crippen LogP contribution >= 0.6 is 0 Å². The maximum Gasteiger partial charge on any atom is 0.256 e. The van der Waals surface area contributed by atoms with Crippen molar-refractivity contribution < 1.29 is 13.2 Å². The maximum absolute atomic E-state index is 9.58. The van der Waals surface area contributed by atoms with Crippen LogP contribution < -0.4 is 5.73 Å². The zero-order valence-corrected chi connectivity index (χ0v) is 4.10. The molecule has 2 N–H and O–H groups in total. The number of hydrogen-bond donors (Lipinski definition) is 1. The molecule has 40 valence electrons. The van der Waals surface area contributed by atoms with Crippen molar-refractivity contribution in [2.24, 2.45) is 5.73 Å². The van der Waals surface area contributed by atoms with Crippen molar-refractivity contribution >= 4 is 21.6 Å². The number of carbonyl (C=O) groups excluding carboxylic acids is 1. The van der Waals surface area contributed by atoms with Gasteiger partial charge >= 0.3 is 0 Å². The summed E-state index contributed by atoms with van der Waals surface area (Å²) >= 11 is 0. The molecule has 0 aromatic carbocycles. The third-order valence-corrected chi connectivity index (χ3v) is 0.637. The third kappa shape index (κ3) is 5.16. The van der Waals surface area contributed by atoms with Crippen LogP contribution in [0.5, 0.6) is 0 Å². The average molecular weight is 121 g/mol. The SMILES string of the molecule is NC(=O)C=S(=O)=O. The van der Waals surface area contributed by atoms with Crippen molar-refractivity contribution in [2.75, 3.05) is 0 Å². The van der Waals surface area contributed by atoms with Gasteiger partial charge in [0, 0.05) is 0 Å². The number of carbonyl (C=O) groups is 1. The normalized spacial score (nSPS) is 7.43. The predicted molar refractivity (Wildman–Crippen MR) is 24.2 cm³/mol. The molecule has 0 saturated carbocycles. The van der Waals surface area contributed by atoms with Crippen LogP contribution in [0.15, 0.2) is 0 Å². The monoisotopic (exact) mass is 121 g/mol. The molecule has 0 bridgehead atoms. The molecule has 4 nitrogen and oxygen atoms in total. The smallest absolute Gasteiger partial charge is 0.256 e. The highest BCUT2D eigenvalue weighted by Gasteiger charge is 1.80. The number of hydrogen-bond acceptors (Lipinski definition) is 3. The molecule has 0 atom stereocenters. The van der Waals surface area contributed by atoms with Gasteiger partial charge in [-0.3, -0.25) is 4.79 Å². The molecule has 0 aromatic rings. The maximum atomic E-state index is 9.58. The van der Waals surface area contributed by atoms with Gasteiger partial charge in [0.2, 0.25) is 10.3 Å². The van der Waals surface area contributed by atoms with E-state index in [0.29, 0.717) is 5.37 Å². The van der Waals surface area contributed by atoms with E-state index in [1.165, 1.54) is 0 Å². The van der Waals surface area contributed by atoms with Crippen LogP contribution in [-0.2, 0) is 15.1 Å². The van der Waals surface area contributed by atoms with E-state index >= 15 is 0 Å². The second-order valence-corrected chi connectivity index (χ2v) is 1.54. The Kier molecular flexibility index (Phi) is 2.07. The molecule has 5 heteroatoms. The van der Waals surface area contributed by atoms with Crippen molar-refractivity contribution in [1.82, 2.24) is 0 Å². The van der Waals surface area contributed by atoms with E-state index in [9.17, 15) is 13.2 Å². The summed E-state index contributed by atoms with van der Waals surface area (Å²) in [6.07, 6.45) is 0. The topological polar surface area (TPSA) is 77.2 Å². The molecule has 0 aliphatic heterocycles. The molecular formula is C2H3NO3S. The number of rotatable bonds is 1. The molecular weight excluding hydrogens is 118 g/mol. The molecule has 0 radical (unpaired) electrons. The van der Waals surface area contributed by atoms with Crippen LogP contribution in [-0.4, -0.2) is 19.7 Å². The zero-order chi connectivity index (χ0) is 5.86. The number of nitrogens with two attached hydrogens (primary N) is 1. The van der Waals surface area contributed by atoms with Gasteiger partial charge in [-0.25, -0.2) is 0 Å². The van der Waals surface area contributed by atoms with E-state index in [0.717, 1.165) is 0 Å². The van der Waals surface area contributed by atoms with Gasteiger partial charge in [0.1, 0.15) is 5.37 Å². The summed E-state index contributed by atoms with van der Waals surface area (Å²) in [5.74, 6) is -0.951. The second kappa shape index (κ2) is 2.35.